The number of aromatic nitrogens is 1. The molecule has 0 spiro atoms. The number of halogens is 2. The first kappa shape index (κ1) is 15.9. The van der Waals surface area contributed by atoms with Gasteiger partial charge in [-0.1, -0.05) is 35.9 Å². The summed E-state index contributed by atoms with van der Waals surface area (Å²) in [5.74, 6) is 0.427. The zero-order chi connectivity index (χ0) is 16.2. The third-order valence-corrected chi connectivity index (χ3v) is 4.69. The fourth-order valence-corrected chi connectivity index (χ4v) is 3.47. The van der Waals surface area contributed by atoms with Crippen LogP contribution in [0.4, 0.5) is 4.39 Å². The summed E-state index contributed by atoms with van der Waals surface area (Å²) in [5, 5.41) is 0.588. The molecule has 0 amide bonds. The van der Waals surface area contributed by atoms with E-state index in [9.17, 15) is 8.60 Å². The van der Waals surface area contributed by atoms with Crippen LogP contribution in [0.2, 0.25) is 5.02 Å². The van der Waals surface area contributed by atoms with Crippen molar-refractivity contribution in [2.24, 2.45) is 0 Å². The molecule has 2 aromatic carbocycles. The number of nitrogens with zero attached hydrogens (tertiary/aromatic N) is 1. The van der Waals surface area contributed by atoms with Crippen LogP contribution >= 0.6 is 11.6 Å². The molecule has 0 saturated heterocycles. The highest BCUT2D eigenvalue weighted by Gasteiger charge is 2.12. The molecule has 6 heteroatoms. The van der Waals surface area contributed by atoms with E-state index in [0.717, 1.165) is 5.56 Å². The van der Waals surface area contributed by atoms with Crippen molar-refractivity contribution in [1.82, 2.24) is 4.98 Å². The quantitative estimate of drug-likeness (QED) is 0.677. The van der Waals surface area contributed by atoms with E-state index in [1.54, 1.807) is 36.4 Å². The maximum absolute atomic E-state index is 13.6. The van der Waals surface area contributed by atoms with Crippen molar-refractivity contribution in [3.8, 4) is 11.5 Å². The summed E-state index contributed by atoms with van der Waals surface area (Å²) in [7, 11) is -1.27. The molecule has 3 nitrogen and oxygen atoms in total. The Balaban J connectivity index is 1.69. The van der Waals surface area contributed by atoms with Crippen LogP contribution < -0.4 is 0 Å². The Morgan fingerprint density at radius 3 is 2.74 bits per heavy atom. The topological polar surface area (TPSA) is 43.1 Å². The Morgan fingerprint density at radius 2 is 1.96 bits per heavy atom. The van der Waals surface area contributed by atoms with Crippen molar-refractivity contribution in [3.63, 3.8) is 0 Å². The standard InChI is InChI=1S/C17H13ClFNO2S/c18-14-6-3-5-12(8-14)17-20-15(9-22-17)11-23(21)10-13-4-1-2-7-16(13)19/h1-9H,10-11H2/t23-/m1/s1. The van der Waals surface area contributed by atoms with Gasteiger partial charge in [-0.2, -0.15) is 0 Å². The highest BCUT2D eigenvalue weighted by molar-refractivity contribution is 7.83. The van der Waals surface area contributed by atoms with Gasteiger partial charge in [-0.3, -0.25) is 4.21 Å². The van der Waals surface area contributed by atoms with Gasteiger partial charge in [0.05, 0.1) is 17.2 Å². The van der Waals surface area contributed by atoms with Crippen LogP contribution in [0.5, 0.6) is 0 Å². The number of hydrogen-bond acceptors (Lipinski definition) is 3. The van der Waals surface area contributed by atoms with Gasteiger partial charge in [-0.05, 0) is 24.3 Å². The van der Waals surface area contributed by atoms with Crippen molar-refractivity contribution in [2.75, 3.05) is 0 Å². The van der Waals surface area contributed by atoms with Crippen molar-refractivity contribution in [3.05, 3.63) is 76.9 Å². The molecule has 0 saturated carbocycles. The molecule has 23 heavy (non-hydrogen) atoms. The van der Waals surface area contributed by atoms with Gasteiger partial charge < -0.3 is 4.42 Å². The van der Waals surface area contributed by atoms with Gasteiger partial charge in [0.2, 0.25) is 5.89 Å². The van der Waals surface area contributed by atoms with Crippen molar-refractivity contribution >= 4 is 22.4 Å². The SMILES string of the molecule is O=[S@@](Cc1coc(-c2cccc(Cl)c2)n1)Cc1ccccc1F. The molecule has 0 N–H and O–H groups in total. The van der Waals surface area contributed by atoms with Crippen molar-refractivity contribution in [1.29, 1.82) is 0 Å². The third kappa shape index (κ3) is 4.06. The fraction of sp³-hybridized carbons (Fsp3) is 0.118. The first-order valence-corrected chi connectivity index (χ1v) is 8.77. The number of rotatable bonds is 5. The molecule has 118 valence electrons. The van der Waals surface area contributed by atoms with Gasteiger partial charge >= 0.3 is 0 Å². The van der Waals surface area contributed by atoms with E-state index >= 15 is 0 Å². The van der Waals surface area contributed by atoms with E-state index in [-0.39, 0.29) is 17.3 Å². The fourth-order valence-electron chi connectivity index (χ4n) is 2.13. The minimum atomic E-state index is -1.27. The lowest BCUT2D eigenvalue weighted by atomic mass is 10.2. The highest BCUT2D eigenvalue weighted by Crippen LogP contribution is 2.22. The van der Waals surface area contributed by atoms with Crippen LogP contribution in [-0.2, 0) is 22.3 Å². The van der Waals surface area contributed by atoms with E-state index in [1.807, 2.05) is 6.07 Å². The smallest absolute Gasteiger partial charge is 0.226 e. The predicted octanol–water partition coefficient (Wildman–Crippen LogP) is 4.58. The summed E-state index contributed by atoms with van der Waals surface area (Å²) in [5.41, 5.74) is 1.75. The minimum Gasteiger partial charge on any atom is -0.444 e. The van der Waals surface area contributed by atoms with Crippen LogP contribution in [0, 0.1) is 5.82 Å². The summed E-state index contributed by atoms with van der Waals surface area (Å²) in [4.78, 5) is 4.31. The summed E-state index contributed by atoms with van der Waals surface area (Å²) in [6, 6.07) is 13.5. The van der Waals surface area contributed by atoms with Crippen LogP contribution in [0.1, 0.15) is 11.3 Å². The van der Waals surface area contributed by atoms with Crippen molar-refractivity contribution < 1.29 is 13.0 Å². The average molecular weight is 350 g/mol. The van der Waals surface area contributed by atoms with Crippen LogP contribution in [-0.4, -0.2) is 9.19 Å². The monoisotopic (exact) mass is 349 g/mol. The van der Waals surface area contributed by atoms with Gasteiger partial charge in [0, 0.05) is 26.9 Å². The molecule has 0 aliphatic heterocycles. The lowest BCUT2D eigenvalue weighted by molar-refractivity contribution is 0.573. The molecular formula is C17H13ClFNO2S. The maximum atomic E-state index is 13.6. The second-order valence-corrected chi connectivity index (χ2v) is 6.87. The van der Waals surface area contributed by atoms with Gasteiger partial charge in [0.15, 0.2) is 0 Å². The zero-order valence-corrected chi connectivity index (χ0v) is 13.6. The summed E-state index contributed by atoms with van der Waals surface area (Å²) in [6.07, 6.45) is 1.47. The minimum absolute atomic E-state index is 0.145. The normalized spacial score (nSPS) is 12.3. The molecule has 3 aromatic rings. The first-order valence-electron chi connectivity index (χ1n) is 6.90. The molecule has 0 fully saturated rings. The lowest BCUT2D eigenvalue weighted by Crippen LogP contribution is -2.01. The van der Waals surface area contributed by atoms with Crippen molar-refractivity contribution in [2.45, 2.75) is 11.5 Å². The molecule has 0 unspecified atom stereocenters. The highest BCUT2D eigenvalue weighted by atomic mass is 35.5. The Bertz CT molecular complexity index is 850. The zero-order valence-electron chi connectivity index (χ0n) is 12.0. The largest absolute Gasteiger partial charge is 0.444 e. The molecule has 1 aromatic heterocycles. The van der Waals surface area contributed by atoms with Crippen LogP contribution in [0.3, 0.4) is 0 Å². The maximum Gasteiger partial charge on any atom is 0.226 e. The summed E-state index contributed by atoms with van der Waals surface area (Å²) in [6.45, 7) is 0. The average Bonchev–Trinajstić information content (AvgIpc) is 2.98. The third-order valence-electron chi connectivity index (χ3n) is 3.21. The van der Waals surface area contributed by atoms with E-state index in [4.69, 9.17) is 16.0 Å². The molecule has 0 aliphatic carbocycles. The Kier molecular flexibility index (Phi) is 4.88. The molecule has 3 rings (SSSR count). The van der Waals surface area contributed by atoms with E-state index in [1.165, 1.54) is 12.3 Å². The second kappa shape index (κ2) is 7.06. The number of hydrogen-bond donors (Lipinski definition) is 0. The van der Waals surface area contributed by atoms with Gasteiger partial charge in [-0.25, -0.2) is 9.37 Å². The van der Waals surface area contributed by atoms with Gasteiger partial charge in [-0.15, -0.1) is 0 Å². The van der Waals surface area contributed by atoms with Crippen LogP contribution in [0.15, 0.2) is 59.2 Å². The molecule has 1 atom stereocenters. The molecule has 0 radical (unpaired) electrons. The Labute approximate surface area is 140 Å². The number of oxazole rings is 1. The lowest BCUT2D eigenvalue weighted by Gasteiger charge is -2.02. The summed E-state index contributed by atoms with van der Waals surface area (Å²) >= 11 is 5.94. The molecule has 0 bridgehead atoms. The van der Waals surface area contributed by atoms with E-state index < -0.39 is 10.8 Å². The molecule has 1 heterocycles. The first-order chi connectivity index (χ1) is 11.1. The van der Waals surface area contributed by atoms with E-state index in [2.05, 4.69) is 4.98 Å². The predicted molar refractivity (Wildman–Crippen MR) is 88.9 cm³/mol. The number of benzene rings is 2. The van der Waals surface area contributed by atoms with Gasteiger partial charge in [0.1, 0.15) is 12.1 Å². The Morgan fingerprint density at radius 1 is 1.13 bits per heavy atom. The Hall–Kier alpha value is -1.98. The van der Waals surface area contributed by atoms with Crippen LogP contribution in [0.25, 0.3) is 11.5 Å². The molecule has 0 aliphatic rings. The summed E-state index contributed by atoms with van der Waals surface area (Å²) < 4.78 is 31.1. The second-order valence-electron chi connectivity index (χ2n) is 4.97. The van der Waals surface area contributed by atoms with E-state index in [0.29, 0.717) is 22.2 Å². The van der Waals surface area contributed by atoms with Gasteiger partial charge in [0.25, 0.3) is 0 Å². The molecular weight excluding hydrogens is 337 g/mol.